The van der Waals surface area contributed by atoms with Gasteiger partial charge in [0, 0.05) is 38.3 Å². The number of halogens is 2. The number of piperidine rings is 1. The predicted molar refractivity (Wildman–Crippen MR) is 98.2 cm³/mol. The molecule has 2 heterocycles. The van der Waals surface area contributed by atoms with Crippen LogP contribution in [-0.4, -0.2) is 40.2 Å². The summed E-state index contributed by atoms with van der Waals surface area (Å²) < 4.78 is 1.78. The van der Waals surface area contributed by atoms with Crippen molar-refractivity contribution in [3.05, 3.63) is 18.0 Å². The van der Waals surface area contributed by atoms with Gasteiger partial charge < -0.3 is 10.2 Å². The topological polar surface area (TPSA) is 50.2 Å². The molecule has 0 aliphatic carbocycles. The third-order valence-electron chi connectivity index (χ3n) is 4.50. The first kappa shape index (κ1) is 22.2. The summed E-state index contributed by atoms with van der Waals surface area (Å²) in [6, 6.07) is 0. The molecule has 1 saturated heterocycles. The van der Waals surface area contributed by atoms with Crippen molar-refractivity contribution in [2.75, 3.05) is 19.6 Å². The largest absolute Gasteiger partial charge is 0.339 e. The Morgan fingerprint density at radius 2 is 2.26 bits per heavy atom. The fourth-order valence-corrected chi connectivity index (χ4v) is 3.09. The van der Waals surface area contributed by atoms with Gasteiger partial charge in [0.05, 0.1) is 6.20 Å². The van der Waals surface area contributed by atoms with Crippen molar-refractivity contribution in [2.45, 2.75) is 39.7 Å². The fourth-order valence-electron chi connectivity index (χ4n) is 3.09. The van der Waals surface area contributed by atoms with E-state index in [2.05, 4.69) is 17.3 Å². The molecule has 1 aromatic rings. The summed E-state index contributed by atoms with van der Waals surface area (Å²) >= 11 is 0. The maximum atomic E-state index is 12.5. The zero-order chi connectivity index (χ0) is 15.2. The maximum Gasteiger partial charge on any atom is 0.223 e. The van der Waals surface area contributed by atoms with Crippen molar-refractivity contribution in [3.63, 3.8) is 0 Å². The summed E-state index contributed by atoms with van der Waals surface area (Å²) in [7, 11) is 1.90. The quantitative estimate of drug-likeness (QED) is 0.843. The molecule has 23 heavy (non-hydrogen) atoms. The molecule has 0 aromatic carbocycles. The Hall–Kier alpha value is -0.780. The van der Waals surface area contributed by atoms with Crippen molar-refractivity contribution >= 4 is 30.7 Å². The first-order chi connectivity index (χ1) is 10.1. The Bertz CT molecular complexity index is 461. The van der Waals surface area contributed by atoms with Crippen molar-refractivity contribution in [1.82, 2.24) is 20.0 Å². The van der Waals surface area contributed by atoms with Crippen LogP contribution in [0.1, 0.15) is 38.7 Å². The van der Waals surface area contributed by atoms with Gasteiger partial charge in [-0.3, -0.25) is 9.48 Å². The predicted octanol–water partition coefficient (Wildman–Crippen LogP) is 2.64. The molecule has 1 aliphatic heterocycles. The number of nitrogens with zero attached hydrogens (tertiary/aromatic N) is 3. The van der Waals surface area contributed by atoms with Crippen LogP contribution in [0, 0.1) is 11.8 Å². The second-order valence-electron chi connectivity index (χ2n) is 6.22. The molecule has 0 radical (unpaired) electrons. The van der Waals surface area contributed by atoms with E-state index < -0.39 is 0 Å². The molecule has 1 aliphatic rings. The first-order valence-electron chi connectivity index (χ1n) is 8.06. The summed E-state index contributed by atoms with van der Waals surface area (Å²) in [5.74, 6) is 1.35. The van der Waals surface area contributed by atoms with Crippen LogP contribution in [0.25, 0.3) is 0 Å². The fraction of sp³-hybridized carbons (Fsp3) is 0.750. The van der Waals surface area contributed by atoms with Gasteiger partial charge in [0.15, 0.2) is 0 Å². The zero-order valence-corrected chi connectivity index (χ0v) is 16.0. The van der Waals surface area contributed by atoms with E-state index in [1.807, 2.05) is 31.3 Å². The Balaban J connectivity index is 0.00000242. The number of hydrogen-bond acceptors (Lipinski definition) is 3. The van der Waals surface area contributed by atoms with Gasteiger partial charge in [0.25, 0.3) is 0 Å². The van der Waals surface area contributed by atoms with Gasteiger partial charge in [-0.1, -0.05) is 6.92 Å². The van der Waals surface area contributed by atoms with Crippen molar-refractivity contribution in [1.29, 1.82) is 0 Å². The van der Waals surface area contributed by atoms with Crippen LogP contribution in [0.4, 0.5) is 0 Å². The monoisotopic (exact) mass is 364 g/mol. The Labute approximate surface area is 152 Å². The lowest BCUT2D eigenvalue weighted by molar-refractivity contribution is -0.133. The zero-order valence-electron chi connectivity index (χ0n) is 14.3. The number of carbonyl (C=O) groups is 1. The van der Waals surface area contributed by atoms with E-state index in [-0.39, 0.29) is 30.7 Å². The van der Waals surface area contributed by atoms with E-state index in [0.29, 0.717) is 24.8 Å². The van der Waals surface area contributed by atoms with E-state index in [1.54, 1.807) is 4.68 Å². The van der Waals surface area contributed by atoms with Gasteiger partial charge in [0.2, 0.25) is 5.91 Å². The molecule has 2 unspecified atom stereocenters. The second kappa shape index (κ2) is 10.9. The first-order valence-corrected chi connectivity index (χ1v) is 8.06. The van der Waals surface area contributed by atoms with Crippen LogP contribution in [0.2, 0.25) is 0 Å². The minimum atomic E-state index is 0. The lowest BCUT2D eigenvalue weighted by atomic mass is 9.85. The number of aryl methyl sites for hydroxylation is 1. The molecular formula is C16H30Cl2N4O. The number of carbonyl (C=O) groups excluding carboxylic acids is 1. The van der Waals surface area contributed by atoms with Crippen LogP contribution in [0.15, 0.2) is 12.4 Å². The average Bonchev–Trinajstić information content (AvgIpc) is 2.90. The van der Waals surface area contributed by atoms with Gasteiger partial charge in [-0.15, -0.1) is 24.8 Å². The molecule has 1 amide bonds. The van der Waals surface area contributed by atoms with E-state index in [0.717, 1.165) is 25.2 Å². The number of hydrogen-bond donors (Lipinski definition) is 1. The molecule has 0 saturated carbocycles. The molecular weight excluding hydrogens is 335 g/mol. The molecule has 7 heteroatoms. The van der Waals surface area contributed by atoms with Crippen molar-refractivity contribution in [2.24, 2.45) is 18.9 Å². The maximum absolute atomic E-state index is 12.5. The molecule has 0 bridgehead atoms. The summed E-state index contributed by atoms with van der Waals surface area (Å²) in [5.41, 5.74) is 1.10. The molecule has 2 atom stereocenters. The van der Waals surface area contributed by atoms with Crippen LogP contribution in [-0.2, 0) is 18.4 Å². The summed E-state index contributed by atoms with van der Waals surface area (Å²) in [6.45, 7) is 7.86. The Morgan fingerprint density at radius 3 is 2.78 bits per heavy atom. The third-order valence-corrected chi connectivity index (χ3v) is 4.50. The third kappa shape index (κ3) is 6.69. The minimum Gasteiger partial charge on any atom is -0.339 e. The molecule has 1 aromatic heterocycles. The van der Waals surface area contributed by atoms with E-state index >= 15 is 0 Å². The van der Waals surface area contributed by atoms with Gasteiger partial charge in [-0.25, -0.2) is 0 Å². The second-order valence-corrected chi connectivity index (χ2v) is 6.22. The Morgan fingerprint density at radius 1 is 1.52 bits per heavy atom. The van der Waals surface area contributed by atoms with Gasteiger partial charge in [0.1, 0.15) is 0 Å². The van der Waals surface area contributed by atoms with Crippen LogP contribution in [0.3, 0.4) is 0 Å². The van der Waals surface area contributed by atoms with Crippen molar-refractivity contribution in [3.8, 4) is 0 Å². The number of rotatable bonds is 6. The summed E-state index contributed by atoms with van der Waals surface area (Å²) in [6.07, 6.45) is 6.95. The Kier molecular flexibility index (Phi) is 10.5. The van der Waals surface area contributed by atoms with Crippen molar-refractivity contribution < 1.29 is 4.79 Å². The highest BCUT2D eigenvalue weighted by Gasteiger charge is 2.24. The number of aromatic nitrogens is 2. The number of nitrogens with one attached hydrogen (secondary N) is 1. The van der Waals surface area contributed by atoms with Gasteiger partial charge in [-0.2, -0.15) is 5.10 Å². The van der Waals surface area contributed by atoms with Crippen LogP contribution in [0.5, 0.6) is 0 Å². The summed E-state index contributed by atoms with van der Waals surface area (Å²) in [5, 5.41) is 7.61. The van der Waals surface area contributed by atoms with Crippen LogP contribution >= 0.6 is 24.8 Å². The highest BCUT2D eigenvalue weighted by molar-refractivity contribution is 5.85. The lowest BCUT2D eigenvalue weighted by Crippen LogP contribution is -2.37. The molecule has 1 fully saturated rings. The molecule has 5 nitrogen and oxygen atoms in total. The van der Waals surface area contributed by atoms with Gasteiger partial charge >= 0.3 is 0 Å². The molecule has 134 valence electrons. The van der Waals surface area contributed by atoms with E-state index in [9.17, 15) is 4.79 Å². The summed E-state index contributed by atoms with van der Waals surface area (Å²) in [4.78, 5) is 14.5. The SMILES string of the molecule is CCN(Cc1cnn(C)c1)C(=O)CC(C)C1CCCNC1.Cl.Cl. The normalized spacial score (nSPS) is 18.5. The number of amides is 1. The average molecular weight is 365 g/mol. The van der Waals surface area contributed by atoms with Crippen LogP contribution < -0.4 is 5.32 Å². The smallest absolute Gasteiger partial charge is 0.223 e. The molecule has 2 rings (SSSR count). The molecule has 1 N–H and O–H groups in total. The highest BCUT2D eigenvalue weighted by Crippen LogP contribution is 2.23. The van der Waals surface area contributed by atoms with E-state index in [1.165, 1.54) is 12.8 Å². The minimum absolute atomic E-state index is 0. The highest BCUT2D eigenvalue weighted by atomic mass is 35.5. The van der Waals surface area contributed by atoms with Gasteiger partial charge in [-0.05, 0) is 44.7 Å². The molecule has 0 spiro atoms. The lowest BCUT2D eigenvalue weighted by Gasteiger charge is -2.29. The van der Waals surface area contributed by atoms with E-state index in [4.69, 9.17) is 0 Å². The standard InChI is InChI=1S/C16H28N4O.2ClH/c1-4-20(12-14-9-18-19(3)11-14)16(21)8-13(2)15-6-5-7-17-10-15;;/h9,11,13,15,17H,4-8,10,12H2,1-3H3;2*1H.